The monoisotopic (exact) mass is 285 g/mol. The van der Waals surface area contributed by atoms with Crippen LogP contribution in [0.15, 0.2) is 24.3 Å². The second-order valence-corrected chi connectivity index (χ2v) is 5.31. The van der Waals surface area contributed by atoms with Gasteiger partial charge in [0, 0.05) is 12.6 Å². The van der Waals surface area contributed by atoms with Gasteiger partial charge in [-0.05, 0) is 31.0 Å². The van der Waals surface area contributed by atoms with Gasteiger partial charge in [-0.3, -0.25) is 14.5 Å². The van der Waals surface area contributed by atoms with E-state index in [4.69, 9.17) is 5.26 Å². The molecule has 1 aliphatic heterocycles. The summed E-state index contributed by atoms with van der Waals surface area (Å²) in [7, 11) is 0. The highest BCUT2D eigenvalue weighted by molar-refractivity contribution is 6.05. The zero-order chi connectivity index (χ0) is 15.4. The quantitative estimate of drug-likeness (QED) is 0.833. The fourth-order valence-electron chi connectivity index (χ4n) is 2.39. The average molecular weight is 285 g/mol. The van der Waals surface area contributed by atoms with Crippen LogP contribution in [-0.4, -0.2) is 28.8 Å². The number of amides is 2. The van der Waals surface area contributed by atoms with Crippen LogP contribution < -0.4 is 5.32 Å². The fourth-order valence-corrected chi connectivity index (χ4v) is 2.39. The molecule has 0 spiro atoms. The van der Waals surface area contributed by atoms with Crippen LogP contribution in [-0.2, 0) is 16.1 Å². The molecule has 1 heterocycles. The number of carbonyl (C=O) groups excluding carboxylic acids is 2. The summed E-state index contributed by atoms with van der Waals surface area (Å²) in [6.07, 6.45) is 0.985. The molecule has 1 aromatic carbocycles. The van der Waals surface area contributed by atoms with Crippen molar-refractivity contribution in [2.45, 2.75) is 45.3 Å². The van der Waals surface area contributed by atoms with Gasteiger partial charge in [-0.25, -0.2) is 0 Å². The van der Waals surface area contributed by atoms with Crippen molar-refractivity contribution in [3.63, 3.8) is 0 Å². The van der Waals surface area contributed by atoms with Crippen LogP contribution in [0.25, 0.3) is 0 Å². The maximum Gasteiger partial charge on any atom is 0.247 e. The van der Waals surface area contributed by atoms with Gasteiger partial charge < -0.3 is 5.32 Å². The maximum absolute atomic E-state index is 12.2. The molecule has 5 heteroatoms. The Kier molecular flexibility index (Phi) is 4.71. The van der Waals surface area contributed by atoms with E-state index in [1.54, 1.807) is 12.1 Å². The summed E-state index contributed by atoms with van der Waals surface area (Å²) >= 11 is 0. The molecule has 2 atom stereocenters. The molecule has 5 nitrogen and oxygen atoms in total. The van der Waals surface area contributed by atoms with Crippen molar-refractivity contribution in [3.8, 4) is 6.07 Å². The van der Waals surface area contributed by atoms with Crippen molar-refractivity contribution in [2.75, 3.05) is 0 Å². The lowest BCUT2D eigenvalue weighted by Gasteiger charge is -2.21. The first kappa shape index (κ1) is 15.2. The summed E-state index contributed by atoms with van der Waals surface area (Å²) in [5.41, 5.74) is 1.59. The Hall–Kier alpha value is -2.19. The van der Waals surface area contributed by atoms with Crippen LogP contribution in [0.1, 0.15) is 37.8 Å². The predicted molar refractivity (Wildman–Crippen MR) is 78.0 cm³/mol. The summed E-state index contributed by atoms with van der Waals surface area (Å²) in [6.45, 7) is 4.35. The van der Waals surface area contributed by atoms with Crippen molar-refractivity contribution in [1.82, 2.24) is 10.2 Å². The van der Waals surface area contributed by atoms with Crippen molar-refractivity contribution < 1.29 is 9.59 Å². The molecule has 1 saturated heterocycles. The third-order valence-electron chi connectivity index (χ3n) is 3.85. The number of nitrogens with zero attached hydrogens (tertiary/aromatic N) is 2. The number of nitriles is 1. The molecule has 21 heavy (non-hydrogen) atoms. The molecule has 110 valence electrons. The van der Waals surface area contributed by atoms with Crippen molar-refractivity contribution in [3.05, 3.63) is 35.4 Å². The van der Waals surface area contributed by atoms with E-state index in [0.29, 0.717) is 12.1 Å². The highest BCUT2D eigenvalue weighted by atomic mass is 16.2. The molecule has 0 radical (unpaired) electrons. The van der Waals surface area contributed by atoms with Gasteiger partial charge in [0.2, 0.25) is 11.8 Å². The van der Waals surface area contributed by atoms with E-state index in [9.17, 15) is 9.59 Å². The van der Waals surface area contributed by atoms with Crippen molar-refractivity contribution in [1.29, 1.82) is 5.26 Å². The number of imide groups is 1. The van der Waals surface area contributed by atoms with E-state index >= 15 is 0 Å². The van der Waals surface area contributed by atoms with Crippen LogP contribution in [0.3, 0.4) is 0 Å². The first-order valence-corrected chi connectivity index (χ1v) is 7.15. The molecule has 1 N–H and O–H groups in total. The predicted octanol–water partition coefficient (Wildman–Crippen LogP) is 1.57. The first-order valence-electron chi connectivity index (χ1n) is 7.15. The highest BCUT2D eigenvalue weighted by Crippen LogP contribution is 2.18. The van der Waals surface area contributed by atoms with Crippen LogP contribution >= 0.6 is 0 Å². The largest absolute Gasteiger partial charge is 0.301 e. The minimum Gasteiger partial charge on any atom is -0.301 e. The second-order valence-electron chi connectivity index (χ2n) is 5.31. The summed E-state index contributed by atoms with van der Waals surface area (Å²) < 4.78 is 0. The van der Waals surface area contributed by atoms with Gasteiger partial charge >= 0.3 is 0 Å². The van der Waals surface area contributed by atoms with E-state index in [1.807, 2.05) is 26.0 Å². The van der Waals surface area contributed by atoms with Crippen LogP contribution in [0.5, 0.6) is 0 Å². The SMILES string of the molecule is CCC(C)N1C(=O)CC(NCc2ccc(C#N)cc2)C1=O. The van der Waals surface area contributed by atoms with E-state index in [-0.39, 0.29) is 24.3 Å². The van der Waals surface area contributed by atoms with Gasteiger partial charge in [-0.15, -0.1) is 0 Å². The van der Waals surface area contributed by atoms with Crippen molar-refractivity contribution in [2.24, 2.45) is 0 Å². The molecule has 0 aliphatic carbocycles. The van der Waals surface area contributed by atoms with E-state index in [1.165, 1.54) is 4.90 Å². The standard InChI is InChI=1S/C16H19N3O2/c1-3-11(2)19-15(20)8-14(16(19)21)18-10-13-6-4-12(9-17)5-7-13/h4-7,11,14,18H,3,8,10H2,1-2H3. The Balaban J connectivity index is 1.96. The highest BCUT2D eigenvalue weighted by Gasteiger charge is 2.40. The van der Waals surface area contributed by atoms with Crippen LogP contribution in [0.2, 0.25) is 0 Å². The Bertz CT molecular complexity index is 574. The Morgan fingerprint density at radius 1 is 1.38 bits per heavy atom. The molecule has 0 aromatic heterocycles. The van der Waals surface area contributed by atoms with Gasteiger partial charge in [0.25, 0.3) is 0 Å². The number of hydrogen-bond donors (Lipinski definition) is 1. The van der Waals surface area contributed by atoms with E-state index in [0.717, 1.165) is 12.0 Å². The summed E-state index contributed by atoms with van der Waals surface area (Å²) in [6, 6.07) is 8.74. The number of carbonyl (C=O) groups is 2. The zero-order valence-electron chi connectivity index (χ0n) is 12.3. The Morgan fingerprint density at radius 3 is 2.62 bits per heavy atom. The third-order valence-corrected chi connectivity index (χ3v) is 3.85. The van der Waals surface area contributed by atoms with Crippen molar-refractivity contribution >= 4 is 11.8 Å². The number of rotatable bonds is 5. The average Bonchev–Trinajstić information content (AvgIpc) is 2.79. The maximum atomic E-state index is 12.2. The van der Waals surface area contributed by atoms with E-state index < -0.39 is 6.04 Å². The smallest absolute Gasteiger partial charge is 0.247 e. The van der Waals surface area contributed by atoms with Gasteiger partial charge in [-0.2, -0.15) is 5.26 Å². The topological polar surface area (TPSA) is 73.2 Å². The summed E-state index contributed by atoms with van der Waals surface area (Å²) in [5.74, 6) is -0.241. The lowest BCUT2D eigenvalue weighted by Crippen LogP contribution is -2.42. The molecule has 2 unspecified atom stereocenters. The fraction of sp³-hybridized carbons (Fsp3) is 0.438. The van der Waals surface area contributed by atoms with Gasteiger partial charge in [-0.1, -0.05) is 19.1 Å². The molecule has 1 fully saturated rings. The Labute approximate surface area is 124 Å². The summed E-state index contributed by atoms with van der Waals surface area (Å²) in [5, 5.41) is 11.9. The van der Waals surface area contributed by atoms with Gasteiger partial charge in [0.1, 0.15) is 0 Å². The minimum atomic E-state index is -0.442. The van der Waals surface area contributed by atoms with Gasteiger partial charge in [0.15, 0.2) is 0 Å². The van der Waals surface area contributed by atoms with Crippen LogP contribution in [0.4, 0.5) is 0 Å². The number of benzene rings is 1. The third kappa shape index (κ3) is 3.29. The lowest BCUT2D eigenvalue weighted by atomic mass is 10.1. The first-order chi connectivity index (χ1) is 10.1. The molecule has 1 aromatic rings. The Morgan fingerprint density at radius 2 is 2.05 bits per heavy atom. The van der Waals surface area contributed by atoms with Crippen LogP contribution in [0, 0.1) is 11.3 Å². The number of likely N-dealkylation sites (tertiary alicyclic amines) is 1. The van der Waals surface area contributed by atoms with Gasteiger partial charge in [0.05, 0.1) is 24.1 Å². The minimum absolute atomic E-state index is 0.0493. The molecular weight excluding hydrogens is 266 g/mol. The van der Waals surface area contributed by atoms with E-state index in [2.05, 4.69) is 11.4 Å². The molecule has 0 bridgehead atoms. The second kappa shape index (κ2) is 6.51. The molecule has 2 amide bonds. The lowest BCUT2D eigenvalue weighted by molar-refractivity contribution is -0.141. The number of hydrogen-bond acceptors (Lipinski definition) is 4. The molecule has 0 saturated carbocycles. The normalized spacial score (nSPS) is 19.7. The number of nitrogens with one attached hydrogen (secondary N) is 1. The molecule has 2 rings (SSSR count). The molecule has 1 aliphatic rings. The molecular formula is C16H19N3O2. The summed E-state index contributed by atoms with van der Waals surface area (Å²) in [4.78, 5) is 25.5. The zero-order valence-corrected chi connectivity index (χ0v) is 12.3.